The number of hydrogen-bond donors (Lipinski definition) is 1. The quantitative estimate of drug-likeness (QED) is 0.812. The van der Waals surface area contributed by atoms with Crippen LogP contribution >= 0.6 is 0 Å². The zero-order valence-electron chi connectivity index (χ0n) is 9.81. The minimum Gasteiger partial charge on any atom is -0.381 e. The molecule has 4 heteroatoms. The Hall–Kier alpha value is -1.97. The summed E-state index contributed by atoms with van der Waals surface area (Å²) in [5, 5.41) is 2.86. The molecule has 0 aliphatic rings. The van der Waals surface area contributed by atoms with Crippen molar-refractivity contribution in [3.63, 3.8) is 0 Å². The largest absolute Gasteiger partial charge is 0.381 e. The predicted molar refractivity (Wildman–Crippen MR) is 64.8 cm³/mol. The maximum absolute atomic E-state index is 13.0. The highest BCUT2D eigenvalue weighted by Crippen LogP contribution is 2.18. The van der Waals surface area contributed by atoms with Gasteiger partial charge in [-0.25, -0.2) is 13.2 Å². The van der Waals surface area contributed by atoms with Crippen LogP contribution in [0.3, 0.4) is 0 Å². The summed E-state index contributed by atoms with van der Waals surface area (Å²) in [5.74, 6) is -3.83. The van der Waals surface area contributed by atoms with E-state index < -0.39 is 17.5 Å². The lowest BCUT2D eigenvalue weighted by molar-refractivity contribution is 0.447. The Morgan fingerprint density at radius 1 is 1.00 bits per heavy atom. The second-order valence-corrected chi connectivity index (χ2v) is 4.03. The first-order valence-electron chi connectivity index (χ1n) is 5.51. The van der Waals surface area contributed by atoms with Crippen molar-refractivity contribution in [3.05, 3.63) is 65.0 Å². The summed E-state index contributed by atoms with van der Waals surface area (Å²) >= 11 is 0. The van der Waals surface area contributed by atoms with Gasteiger partial charge in [-0.2, -0.15) is 0 Å². The van der Waals surface area contributed by atoms with E-state index in [1.165, 1.54) is 0 Å². The third-order valence-corrected chi connectivity index (χ3v) is 2.73. The van der Waals surface area contributed by atoms with Crippen LogP contribution in [0.1, 0.15) is 11.1 Å². The molecule has 0 aromatic heterocycles. The fourth-order valence-electron chi connectivity index (χ4n) is 1.66. The first kappa shape index (κ1) is 12.5. The highest BCUT2D eigenvalue weighted by Gasteiger charge is 2.10. The number of anilines is 1. The van der Waals surface area contributed by atoms with Crippen LogP contribution in [0.4, 0.5) is 18.9 Å². The van der Waals surface area contributed by atoms with E-state index in [1.807, 2.05) is 31.2 Å². The Balaban J connectivity index is 2.14. The van der Waals surface area contributed by atoms with Gasteiger partial charge in [0.05, 0.1) is 0 Å². The molecule has 0 spiro atoms. The molecule has 1 nitrogen and oxygen atoms in total. The molecule has 2 rings (SSSR count). The van der Waals surface area contributed by atoms with Crippen LogP contribution in [0.25, 0.3) is 0 Å². The maximum Gasteiger partial charge on any atom is 0.194 e. The van der Waals surface area contributed by atoms with Gasteiger partial charge in [-0.15, -0.1) is 0 Å². The number of nitrogens with one attached hydrogen (secondary N) is 1. The third-order valence-electron chi connectivity index (χ3n) is 2.73. The van der Waals surface area contributed by atoms with Gasteiger partial charge in [0.25, 0.3) is 0 Å². The van der Waals surface area contributed by atoms with E-state index in [1.54, 1.807) is 0 Å². The van der Waals surface area contributed by atoms with Gasteiger partial charge in [-0.1, -0.05) is 24.3 Å². The van der Waals surface area contributed by atoms with Crippen molar-refractivity contribution < 1.29 is 13.2 Å². The Morgan fingerprint density at radius 3 is 2.22 bits per heavy atom. The van der Waals surface area contributed by atoms with Crippen LogP contribution in [-0.4, -0.2) is 0 Å². The molecular formula is C14H12F3N. The van der Waals surface area contributed by atoms with Gasteiger partial charge in [0.1, 0.15) is 0 Å². The van der Waals surface area contributed by atoms with E-state index in [0.29, 0.717) is 6.54 Å². The Kier molecular flexibility index (Phi) is 3.55. The predicted octanol–water partition coefficient (Wildman–Crippen LogP) is 4.02. The minimum absolute atomic E-state index is 0.217. The standard InChI is InChI=1S/C14H12F3N/c1-9-4-2-3-5-10(9)8-18-11-6-12(15)14(17)13(16)7-11/h2-7,18H,8H2,1H3. The highest BCUT2D eigenvalue weighted by atomic mass is 19.2. The molecule has 0 fully saturated rings. The number of benzene rings is 2. The van der Waals surface area contributed by atoms with Gasteiger partial charge in [0.2, 0.25) is 0 Å². The van der Waals surface area contributed by atoms with Crippen LogP contribution < -0.4 is 5.32 Å². The van der Waals surface area contributed by atoms with Crippen molar-refractivity contribution in [1.82, 2.24) is 0 Å². The Bertz CT molecular complexity index is 544. The molecule has 0 aliphatic carbocycles. The monoisotopic (exact) mass is 251 g/mol. The summed E-state index contributed by atoms with van der Waals surface area (Å²) in [6.07, 6.45) is 0. The van der Waals surface area contributed by atoms with Gasteiger partial charge in [0, 0.05) is 24.4 Å². The smallest absolute Gasteiger partial charge is 0.194 e. The van der Waals surface area contributed by atoms with Crippen molar-refractivity contribution >= 4 is 5.69 Å². The summed E-state index contributed by atoms with van der Waals surface area (Å²) in [7, 11) is 0. The molecule has 0 unspecified atom stereocenters. The fraction of sp³-hybridized carbons (Fsp3) is 0.143. The zero-order chi connectivity index (χ0) is 13.1. The molecule has 0 bridgehead atoms. The van der Waals surface area contributed by atoms with Crippen molar-refractivity contribution in [2.45, 2.75) is 13.5 Å². The fourth-order valence-corrected chi connectivity index (χ4v) is 1.66. The lowest BCUT2D eigenvalue weighted by atomic mass is 10.1. The number of hydrogen-bond acceptors (Lipinski definition) is 1. The summed E-state index contributed by atoms with van der Waals surface area (Å²) in [5.41, 5.74) is 2.31. The molecule has 0 saturated carbocycles. The van der Waals surface area contributed by atoms with Crippen molar-refractivity contribution in [2.24, 2.45) is 0 Å². The number of rotatable bonds is 3. The second kappa shape index (κ2) is 5.12. The van der Waals surface area contributed by atoms with Crippen LogP contribution in [-0.2, 0) is 6.54 Å². The van der Waals surface area contributed by atoms with E-state index in [-0.39, 0.29) is 5.69 Å². The first-order chi connectivity index (χ1) is 8.58. The number of aryl methyl sites for hydroxylation is 1. The van der Waals surface area contributed by atoms with Crippen LogP contribution in [0.5, 0.6) is 0 Å². The Morgan fingerprint density at radius 2 is 1.61 bits per heavy atom. The van der Waals surface area contributed by atoms with Gasteiger partial charge in [-0.3, -0.25) is 0 Å². The van der Waals surface area contributed by atoms with Crippen molar-refractivity contribution in [1.29, 1.82) is 0 Å². The molecule has 0 radical (unpaired) electrons. The van der Waals surface area contributed by atoms with Gasteiger partial charge in [-0.05, 0) is 18.1 Å². The minimum atomic E-state index is -1.45. The lowest BCUT2D eigenvalue weighted by Gasteiger charge is -2.09. The van der Waals surface area contributed by atoms with Gasteiger partial charge >= 0.3 is 0 Å². The number of halogens is 3. The summed E-state index contributed by atoms with van der Waals surface area (Å²) in [6.45, 7) is 2.38. The lowest BCUT2D eigenvalue weighted by Crippen LogP contribution is -2.03. The average Bonchev–Trinajstić information content (AvgIpc) is 2.35. The summed E-state index contributed by atoms with van der Waals surface area (Å²) < 4.78 is 38.7. The average molecular weight is 251 g/mol. The molecule has 0 amide bonds. The van der Waals surface area contributed by atoms with E-state index in [4.69, 9.17) is 0 Å². The SMILES string of the molecule is Cc1ccccc1CNc1cc(F)c(F)c(F)c1. The molecule has 1 N–H and O–H groups in total. The molecule has 94 valence electrons. The van der Waals surface area contributed by atoms with E-state index in [9.17, 15) is 13.2 Å². The normalized spacial score (nSPS) is 10.4. The van der Waals surface area contributed by atoms with Crippen LogP contribution in [0.15, 0.2) is 36.4 Å². The molecule has 2 aromatic rings. The van der Waals surface area contributed by atoms with E-state index in [2.05, 4.69) is 5.32 Å². The summed E-state index contributed by atoms with van der Waals surface area (Å²) in [4.78, 5) is 0. The van der Waals surface area contributed by atoms with Gasteiger partial charge in [0.15, 0.2) is 17.5 Å². The maximum atomic E-state index is 13.0. The molecule has 0 heterocycles. The highest BCUT2D eigenvalue weighted by molar-refractivity contribution is 5.45. The van der Waals surface area contributed by atoms with Crippen LogP contribution in [0.2, 0.25) is 0 Å². The molecule has 2 aromatic carbocycles. The molecule has 0 saturated heterocycles. The molecule has 0 atom stereocenters. The van der Waals surface area contributed by atoms with Crippen LogP contribution in [0, 0.1) is 24.4 Å². The third kappa shape index (κ3) is 2.64. The molecule has 18 heavy (non-hydrogen) atoms. The second-order valence-electron chi connectivity index (χ2n) is 4.03. The molecular weight excluding hydrogens is 239 g/mol. The van der Waals surface area contributed by atoms with E-state index >= 15 is 0 Å². The Labute approximate surface area is 103 Å². The summed E-state index contributed by atoms with van der Waals surface area (Å²) in [6, 6.07) is 9.54. The zero-order valence-corrected chi connectivity index (χ0v) is 9.81. The first-order valence-corrected chi connectivity index (χ1v) is 5.51. The van der Waals surface area contributed by atoms with Crippen molar-refractivity contribution in [3.8, 4) is 0 Å². The molecule has 0 aliphatic heterocycles. The van der Waals surface area contributed by atoms with E-state index in [0.717, 1.165) is 23.3 Å². The topological polar surface area (TPSA) is 12.0 Å². The van der Waals surface area contributed by atoms with Crippen molar-refractivity contribution in [2.75, 3.05) is 5.32 Å². The van der Waals surface area contributed by atoms with Gasteiger partial charge < -0.3 is 5.32 Å².